The highest BCUT2D eigenvalue weighted by molar-refractivity contribution is 9.10. The Labute approximate surface area is 104 Å². The molecule has 84 valence electrons. The van der Waals surface area contributed by atoms with Crippen molar-refractivity contribution in [3.63, 3.8) is 0 Å². The minimum absolute atomic E-state index is 0.236. The van der Waals surface area contributed by atoms with E-state index >= 15 is 0 Å². The van der Waals surface area contributed by atoms with Crippen molar-refractivity contribution in [2.75, 3.05) is 0 Å². The Morgan fingerprint density at radius 3 is 2.88 bits per heavy atom. The van der Waals surface area contributed by atoms with Gasteiger partial charge in [-0.15, -0.1) is 0 Å². The van der Waals surface area contributed by atoms with E-state index in [0.717, 1.165) is 16.5 Å². The van der Waals surface area contributed by atoms with E-state index in [1.165, 1.54) is 23.5 Å². The lowest BCUT2D eigenvalue weighted by Gasteiger charge is -2.14. The Hall–Kier alpha value is -0.830. The number of nitrogens with zero attached hydrogens (tertiary/aromatic N) is 2. The summed E-state index contributed by atoms with van der Waals surface area (Å²) >= 11 is 3.59. The lowest BCUT2D eigenvalue weighted by atomic mass is 9.91. The van der Waals surface area contributed by atoms with Gasteiger partial charge >= 0.3 is 0 Å². The van der Waals surface area contributed by atoms with Crippen LogP contribution in [-0.2, 0) is 11.8 Å². The first-order valence-corrected chi connectivity index (χ1v) is 6.47. The van der Waals surface area contributed by atoms with E-state index in [1.54, 1.807) is 0 Å². The number of rotatable bonds is 0. The maximum atomic E-state index is 4.79. The third-order valence-corrected chi connectivity index (χ3v) is 4.52. The van der Waals surface area contributed by atoms with Gasteiger partial charge in [-0.1, -0.05) is 13.8 Å². The van der Waals surface area contributed by atoms with Crippen molar-refractivity contribution < 1.29 is 0 Å². The second-order valence-electron chi connectivity index (χ2n) is 5.25. The molecule has 0 aromatic carbocycles. The Bertz CT molecular complexity index is 581. The number of aryl methyl sites for hydroxylation is 2. The summed E-state index contributed by atoms with van der Waals surface area (Å²) in [6.45, 7) is 6.72. The first-order valence-electron chi connectivity index (χ1n) is 5.67. The molecule has 0 radical (unpaired) electrons. The quantitative estimate of drug-likeness (QED) is 0.719. The van der Waals surface area contributed by atoms with Gasteiger partial charge in [-0.05, 0) is 47.8 Å². The minimum Gasteiger partial charge on any atom is -0.300 e. The number of halogens is 1. The van der Waals surface area contributed by atoms with Crippen molar-refractivity contribution >= 4 is 21.6 Å². The molecule has 1 aliphatic rings. The maximum Gasteiger partial charge on any atom is 0.137 e. The van der Waals surface area contributed by atoms with Crippen molar-refractivity contribution in [1.82, 2.24) is 9.38 Å². The molecule has 0 saturated carbocycles. The molecule has 0 unspecified atom stereocenters. The van der Waals surface area contributed by atoms with Crippen LogP contribution in [0.1, 0.15) is 37.4 Å². The number of pyridine rings is 1. The molecule has 1 aliphatic carbocycles. The number of hydrogen-bond donors (Lipinski definition) is 0. The lowest BCUT2D eigenvalue weighted by molar-refractivity contribution is 0.510. The first-order chi connectivity index (χ1) is 7.50. The zero-order chi connectivity index (χ0) is 11.5. The summed E-state index contributed by atoms with van der Waals surface area (Å²) in [6.07, 6.45) is 2.35. The van der Waals surface area contributed by atoms with E-state index in [4.69, 9.17) is 4.98 Å². The molecule has 0 saturated heterocycles. The van der Waals surface area contributed by atoms with E-state index in [1.807, 2.05) is 0 Å². The van der Waals surface area contributed by atoms with E-state index in [0.29, 0.717) is 0 Å². The largest absolute Gasteiger partial charge is 0.300 e. The molecule has 2 heterocycles. The van der Waals surface area contributed by atoms with Gasteiger partial charge in [0.15, 0.2) is 0 Å². The van der Waals surface area contributed by atoms with Crippen LogP contribution in [0.2, 0.25) is 0 Å². The van der Waals surface area contributed by atoms with E-state index in [9.17, 15) is 0 Å². The summed E-state index contributed by atoms with van der Waals surface area (Å²) in [7, 11) is 0. The van der Waals surface area contributed by atoms with Crippen LogP contribution in [0.15, 0.2) is 16.6 Å². The number of fused-ring (bicyclic) bond motifs is 3. The average molecular weight is 279 g/mol. The van der Waals surface area contributed by atoms with Gasteiger partial charge < -0.3 is 0 Å². The summed E-state index contributed by atoms with van der Waals surface area (Å²) in [6, 6.07) is 4.17. The molecule has 2 aromatic rings. The van der Waals surface area contributed by atoms with Crippen LogP contribution in [-0.4, -0.2) is 9.38 Å². The highest BCUT2D eigenvalue weighted by Crippen LogP contribution is 2.38. The summed E-state index contributed by atoms with van der Waals surface area (Å²) in [5.41, 5.74) is 5.26. The molecule has 0 atom stereocenters. The van der Waals surface area contributed by atoms with Crippen molar-refractivity contribution in [3.05, 3.63) is 33.7 Å². The van der Waals surface area contributed by atoms with Gasteiger partial charge in [0.25, 0.3) is 0 Å². The maximum absolute atomic E-state index is 4.79. The first kappa shape index (κ1) is 10.3. The van der Waals surface area contributed by atoms with Gasteiger partial charge in [0.2, 0.25) is 0 Å². The smallest absolute Gasteiger partial charge is 0.137 e. The van der Waals surface area contributed by atoms with Crippen LogP contribution in [0, 0.1) is 6.92 Å². The topological polar surface area (TPSA) is 17.3 Å². The lowest BCUT2D eigenvalue weighted by Crippen LogP contribution is -2.12. The summed E-state index contributed by atoms with van der Waals surface area (Å²) in [4.78, 5) is 4.79. The molecule has 0 bridgehead atoms. The monoisotopic (exact) mass is 278 g/mol. The Morgan fingerprint density at radius 2 is 2.12 bits per heavy atom. The van der Waals surface area contributed by atoms with Crippen molar-refractivity contribution in [1.29, 1.82) is 0 Å². The van der Waals surface area contributed by atoms with Crippen LogP contribution in [0.4, 0.5) is 0 Å². The van der Waals surface area contributed by atoms with Crippen molar-refractivity contribution in [2.45, 2.75) is 39.0 Å². The molecular formula is C13H15BrN2. The van der Waals surface area contributed by atoms with Crippen LogP contribution in [0.3, 0.4) is 0 Å². The second-order valence-corrected chi connectivity index (χ2v) is 6.11. The molecule has 16 heavy (non-hydrogen) atoms. The van der Waals surface area contributed by atoms with Crippen LogP contribution in [0.25, 0.3) is 5.65 Å². The molecule has 2 nitrogen and oxygen atoms in total. The Morgan fingerprint density at radius 1 is 1.38 bits per heavy atom. The summed E-state index contributed by atoms with van der Waals surface area (Å²) < 4.78 is 3.46. The molecule has 2 aromatic heterocycles. The predicted octanol–water partition coefficient (Wildman–Crippen LogP) is 3.63. The van der Waals surface area contributed by atoms with E-state index < -0.39 is 0 Å². The van der Waals surface area contributed by atoms with Gasteiger partial charge in [-0.3, -0.25) is 4.40 Å². The van der Waals surface area contributed by atoms with Crippen LogP contribution < -0.4 is 0 Å². The Balaban J connectivity index is 2.41. The third kappa shape index (κ3) is 1.21. The standard InChI is InChI=1S/C13H15BrN2/c1-8-9(14)4-5-11-15-12-10(16(8)11)6-7-13(12,2)3/h4-5H,6-7H2,1-3H3. The molecule has 0 fully saturated rings. The van der Waals surface area contributed by atoms with Gasteiger partial charge in [0.1, 0.15) is 5.65 Å². The fourth-order valence-electron chi connectivity index (χ4n) is 2.66. The van der Waals surface area contributed by atoms with Crippen molar-refractivity contribution in [3.8, 4) is 0 Å². The zero-order valence-corrected chi connectivity index (χ0v) is 11.4. The van der Waals surface area contributed by atoms with E-state index in [2.05, 4.69) is 53.2 Å². The van der Waals surface area contributed by atoms with Crippen molar-refractivity contribution in [2.24, 2.45) is 0 Å². The molecule has 3 rings (SSSR count). The SMILES string of the molecule is Cc1c(Br)ccc2nc3c(n12)CCC3(C)C. The molecule has 0 spiro atoms. The zero-order valence-electron chi connectivity index (χ0n) is 9.84. The Kier molecular flexibility index (Phi) is 2.00. The van der Waals surface area contributed by atoms with Gasteiger partial charge in [0, 0.05) is 21.3 Å². The normalized spacial score (nSPS) is 18.0. The summed E-state index contributed by atoms with van der Waals surface area (Å²) in [5, 5.41) is 0. The molecule has 0 aliphatic heterocycles. The average Bonchev–Trinajstić information content (AvgIpc) is 2.72. The fraction of sp³-hybridized carbons (Fsp3) is 0.462. The molecule has 0 amide bonds. The molecule has 0 N–H and O–H groups in total. The number of imidazole rings is 1. The van der Waals surface area contributed by atoms with Gasteiger partial charge in [-0.2, -0.15) is 0 Å². The van der Waals surface area contributed by atoms with Gasteiger partial charge in [-0.25, -0.2) is 4.98 Å². The minimum atomic E-state index is 0.236. The molecular weight excluding hydrogens is 264 g/mol. The van der Waals surface area contributed by atoms with Crippen LogP contribution in [0.5, 0.6) is 0 Å². The number of aromatic nitrogens is 2. The number of hydrogen-bond acceptors (Lipinski definition) is 1. The van der Waals surface area contributed by atoms with E-state index in [-0.39, 0.29) is 5.41 Å². The predicted molar refractivity (Wildman–Crippen MR) is 69.0 cm³/mol. The summed E-state index contributed by atoms with van der Waals surface area (Å²) in [5.74, 6) is 0. The highest BCUT2D eigenvalue weighted by Gasteiger charge is 2.34. The van der Waals surface area contributed by atoms with Gasteiger partial charge in [0.05, 0.1) is 5.69 Å². The highest BCUT2D eigenvalue weighted by atomic mass is 79.9. The third-order valence-electron chi connectivity index (χ3n) is 3.69. The fourth-order valence-corrected chi connectivity index (χ4v) is 2.97. The van der Waals surface area contributed by atoms with Crippen LogP contribution >= 0.6 is 15.9 Å². The molecule has 3 heteroatoms. The second kappa shape index (κ2) is 3.10.